The smallest absolute Gasteiger partial charge is 0.0782 e. The number of halogens is 1. The highest BCUT2D eigenvalue weighted by molar-refractivity contribution is 7.12. The van der Waals surface area contributed by atoms with Gasteiger partial charge in [-0.25, -0.2) is 0 Å². The Morgan fingerprint density at radius 3 is 2.44 bits per heavy atom. The van der Waals surface area contributed by atoms with E-state index in [2.05, 4.69) is 30.6 Å². The third-order valence-electron chi connectivity index (χ3n) is 2.48. The van der Waals surface area contributed by atoms with Crippen molar-refractivity contribution in [3.63, 3.8) is 0 Å². The fourth-order valence-electron chi connectivity index (χ4n) is 1.70. The summed E-state index contributed by atoms with van der Waals surface area (Å²) in [4.78, 5) is 2.58. The molecule has 0 fully saturated rings. The number of hydrogen-bond acceptors (Lipinski definition) is 3. The van der Waals surface area contributed by atoms with Gasteiger partial charge in [0.05, 0.1) is 11.1 Å². The van der Waals surface area contributed by atoms with Crippen LogP contribution in [0.4, 0.5) is 0 Å². The fourth-order valence-corrected chi connectivity index (χ4v) is 4.03. The summed E-state index contributed by atoms with van der Waals surface area (Å²) in [5.41, 5.74) is 1.33. The third kappa shape index (κ3) is 2.33. The van der Waals surface area contributed by atoms with Crippen LogP contribution in [0, 0.1) is 6.92 Å². The molecule has 4 heteroatoms. The maximum absolute atomic E-state index is 6.21. The Morgan fingerprint density at radius 2 is 1.94 bits per heavy atom. The van der Waals surface area contributed by atoms with E-state index in [1.807, 2.05) is 11.4 Å². The molecule has 0 bridgehead atoms. The minimum atomic E-state index is 0.248. The van der Waals surface area contributed by atoms with E-state index in [0.29, 0.717) is 0 Å². The molecule has 2 aromatic rings. The molecular formula is C12H14ClNS2. The Bertz CT molecular complexity index is 421. The highest BCUT2D eigenvalue weighted by Gasteiger charge is 2.19. The lowest BCUT2D eigenvalue weighted by molar-refractivity contribution is 0.646. The van der Waals surface area contributed by atoms with Crippen LogP contribution in [0.15, 0.2) is 22.9 Å². The summed E-state index contributed by atoms with van der Waals surface area (Å²) in [7, 11) is 0. The summed E-state index contributed by atoms with van der Waals surface area (Å²) in [6, 6.07) is 4.37. The minimum Gasteiger partial charge on any atom is -0.305 e. The average molecular weight is 272 g/mol. The Labute approximate surface area is 109 Å². The van der Waals surface area contributed by atoms with E-state index in [9.17, 15) is 0 Å². The molecule has 16 heavy (non-hydrogen) atoms. The minimum absolute atomic E-state index is 0.248. The summed E-state index contributed by atoms with van der Waals surface area (Å²) in [6.45, 7) is 5.21. The third-order valence-corrected chi connectivity index (χ3v) is 4.99. The first kappa shape index (κ1) is 12.1. The molecule has 2 aromatic heterocycles. The number of thiophene rings is 2. The Hall–Kier alpha value is -0.350. The summed E-state index contributed by atoms with van der Waals surface area (Å²) in [5, 5.41) is 8.55. The Morgan fingerprint density at radius 1 is 1.25 bits per heavy atom. The lowest BCUT2D eigenvalue weighted by atomic mass is 10.1. The van der Waals surface area contributed by atoms with Crippen molar-refractivity contribution in [1.82, 2.24) is 5.32 Å². The second-order valence-electron chi connectivity index (χ2n) is 3.59. The van der Waals surface area contributed by atoms with E-state index in [1.54, 1.807) is 22.7 Å². The molecule has 1 atom stereocenters. The molecule has 0 radical (unpaired) electrons. The maximum Gasteiger partial charge on any atom is 0.0782 e. The Balaban J connectivity index is 2.39. The molecule has 86 valence electrons. The van der Waals surface area contributed by atoms with Gasteiger partial charge in [-0.2, -0.15) is 0 Å². The second kappa shape index (κ2) is 5.32. The summed E-state index contributed by atoms with van der Waals surface area (Å²) >= 11 is 9.72. The highest BCUT2D eigenvalue weighted by Crippen LogP contribution is 2.36. The fraction of sp³-hybridized carbons (Fsp3) is 0.333. The van der Waals surface area contributed by atoms with Crippen molar-refractivity contribution in [2.24, 2.45) is 0 Å². The molecule has 0 amide bonds. The molecule has 0 aliphatic heterocycles. The molecule has 1 nitrogen and oxygen atoms in total. The molecule has 1 unspecified atom stereocenters. The molecule has 0 aliphatic carbocycles. The van der Waals surface area contributed by atoms with E-state index < -0.39 is 0 Å². The van der Waals surface area contributed by atoms with Gasteiger partial charge in [0.1, 0.15) is 0 Å². The summed E-state index contributed by atoms with van der Waals surface area (Å²) < 4.78 is 0. The quantitative estimate of drug-likeness (QED) is 0.865. The molecular weight excluding hydrogens is 258 g/mol. The first-order chi connectivity index (χ1) is 7.74. The number of rotatable bonds is 4. The molecule has 0 aromatic carbocycles. The standard InChI is InChI=1S/C12H14ClNS2/c1-3-14-10(11-8(2)4-6-15-11)12-9(13)5-7-16-12/h4-7,10,14H,3H2,1-2H3. The van der Waals surface area contributed by atoms with Crippen molar-refractivity contribution in [2.75, 3.05) is 6.54 Å². The van der Waals surface area contributed by atoms with Crippen LogP contribution in [0.25, 0.3) is 0 Å². The van der Waals surface area contributed by atoms with Crippen LogP contribution in [0.2, 0.25) is 5.02 Å². The van der Waals surface area contributed by atoms with E-state index in [0.717, 1.165) is 11.6 Å². The molecule has 1 N–H and O–H groups in total. The molecule has 0 saturated heterocycles. The van der Waals surface area contributed by atoms with Gasteiger partial charge in [0.15, 0.2) is 0 Å². The van der Waals surface area contributed by atoms with Gasteiger partial charge in [0.2, 0.25) is 0 Å². The predicted octanol–water partition coefficient (Wildman–Crippen LogP) is 4.47. The zero-order valence-corrected chi connectivity index (χ0v) is 11.7. The van der Waals surface area contributed by atoms with Gasteiger partial charge >= 0.3 is 0 Å². The second-order valence-corrected chi connectivity index (χ2v) is 5.89. The largest absolute Gasteiger partial charge is 0.305 e. The zero-order valence-electron chi connectivity index (χ0n) is 9.29. The lowest BCUT2D eigenvalue weighted by Gasteiger charge is -2.16. The van der Waals surface area contributed by atoms with Gasteiger partial charge in [-0.05, 0) is 41.9 Å². The van der Waals surface area contributed by atoms with Crippen LogP contribution in [0.1, 0.15) is 28.3 Å². The first-order valence-electron chi connectivity index (χ1n) is 5.24. The van der Waals surface area contributed by atoms with Gasteiger partial charge in [0.25, 0.3) is 0 Å². The van der Waals surface area contributed by atoms with Gasteiger partial charge in [-0.3, -0.25) is 0 Å². The molecule has 2 heterocycles. The van der Waals surface area contributed by atoms with Gasteiger partial charge < -0.3 is 5.32 Å². The number of hydrogen-bond donors (Lipinski definition) is 1. The van der Waals surface area contributed by atoms with Crippen LogP contribution < -0.4 is 5.32 Å². The molecule has 0 saturated carbocycles. The summed E-state index contributed by atoms with van der Waals surface area (Å²) in [5.74, 6) is 0. The van der Waals surface area contributed by atoms with Crippen molar-refractivity contribution in [3.05, 3.63) is 43.2 Å². The van der Waals surface area contributed by atoms with Crippen LogP contribution >= 0.6 is 34.3 Å². The average Bonchev–Trinajstić information content (AvgIpc) is 2.84. The lowest BCUT2D eigenvalue weighted by Crippen LogP contribution is -2.21. The highest BCUT2D eigenvalue weighted by atomic mass is 35.5. The normalized spacial score (nSPS) is 12.9. The van der Waals surface area contributed by atoms with Crippen molar-refractivity contribution >= 4 is 34.3 Å². The zero-order chi connectivity index (χ0) is 11.5. The topological polar surface area (TPSA) is 12.0 Å². The molecule has 0 aliphatic rings. The van der Waals surface area contributed by atoms with Gasteiger partial charge in [-0.1, -0.05) is 18.5 Å². The van der Waals surface area contributed by atoms with Crippen LogP contribution in [0.3, 0.4) is 0 Å². The van der Waals surface area contributed by atoms with Crippen LogP contribution in [-0.2, 0) is 0 Å². The van der Waals surface area contributed by atoms with Crippen LogP contribution in [0.5, 0.6) is 0 Å². The van der Waals surface area contributed by atoms with Crippen LogP contribution in [-0.4, -0.2) is 6.54 Å². The maximum atomic E-state index is 6.21. The van der Waals surface area contributed by atoms with Crippen molar-refractivity contribution in [1.29, 1.82) is 0 Å². The van der Waals surface area contributed by atoms with E-state index in [-0.39, 0.29) is 6.04 Å². The van der Waals surface area contributed by atoms with Crippen molar-refractivity contribution < 1.29 is 0 Å². The van der Waals surface area contributed by atoms with Crippen molar-refractivity contribution in [3.8, 4) is 0 Å². The predicted molar refractivity (Wildman–Crippen MR) is 73.9 cm³/mol. The van der Waals surface area contributed by atoms with E-state index in [1.165, 1.54) is 15.3 Å². The van der Waals surface area contributed by atoms with Crippen molar-refractivity contribution in [2.45, 2.75) is 19.9 Å². The number of nitrogens with one attached hydrogen (secondary N) is 1. The van der Waals surface area contributed by atoms with Gasteiger partial charge in [-0.15, -0.1) is 22.7 Å². The summed E-state index contributed by atoms with van der Waals surface area (Å²) in [6.07, 6.45) is 0. The molecule has 2 rings (SSSR count). The van der Waals surface area contributed by atoms with E-state index in [4.69, 9.17) is 11.6 Å². The molecule has 0 spiro atoms. The first-order valence-corrected chi connectivity index (χ1v) is 7.38. The monoisotopic (exact) mass is 271 g/mol. The van der Waals surface area contributed by atoms with E-state index >= 15 is 0 Å². The van der Waals surface area contributed by atoms with Gasteiger partial charge in [0, 0.05) is 9.75 Å². The Kier molecular flexibility index (Phi) is 4.03. The SMILES string of the molecule is CCNC(c1sccc1C)c1sccc1Cl. The number of aryl methyl sites for hydroxylation is 1.